The molecule has 1 N–H and O–H groups in total. The third-order valence-electron chi connectivity index (χ3n) is 5.25. The predicted molar refractivity (Wildman–Crippen MR) is 110 cm³/mol. The quantitative estimate of drug-likeness (QED) is 0.415. The summed E-state index contributed by atoms with van der Waals surface area (Å²) in [5.74, 6) is -0.539. The van der Waals surface area contributed by atoms with E-state index in [-0.39, 0.29) is 35.7 Å². The number of nitrogens with zero attached hydrogens (tertiary/aromatic N) is 2. The minimum absolute atomic E-state index is 0.0549. The molecular weight excluding hydrogens is 402 g/mol. The number of nitrogens with one attached hydrogen (secondary N) is 1. The van der Waals surface area contributed by atoms with Crippen LogP contribution in [0.3, 0.4) is 0 Å². The van der Waals surface area contributed by atoms with Crippen molar-refractivity contribution in [3.63, 3.8) is 0 Å². The average Bonchev–Trinajstić information content (AvgIpc) is 3.62. The molecule has 0 saturated heterocycles. The third kappa shape index (κ3) is 4.07. The van der Waals surface area contributed by atoms with Gasteiger partial charge in [-0.3, -0.25) is 15.0 Å². The number of benzene rings is 2. The van der Waals surface area contributed by atoms with Gasteiger partial charge >= 0.3 is 17.7 Å². The number of carbonyl (C=O) groups excluding carboxylic acids is 2. The van der Waals surface area contributed by atoms with E-state index in [1.807, 2.05) is 18.2 Å². The molecule has 1 aliphatic heterocycles. The lowest BCUT2D eigenvalue weighted by atomic mass is 9.94. The molecule has 1 saturated carbocycles. The van der Waals surface area contributed by atoms with Gasteiger partial charge in [-0.25, -0.2) is 9.59 Å². The van der Waals surface area contributed by atoms with Crippen LogP contribution < -0.4 is 10.1 Å². The number of amides is 2. The normalized spacial score (nSPS) is 18.4. The molecule has 0 aromatic heterocycles. The van der Waals surface area contributed by atoms with Crippen molar-refractivity contribution in [2.45, 2.75) is 24.9 Å². The summed E-state index contributed by atoms with van der Waals surface area (Å²) >= 11 is 0. The Kier molecular flexibility index (Phi) is 5.57. The first kappa shape index (κ1) is 20.4. The molecule has 2 aromatic rings. The Morgan fingerprint density at radius 3 is 2.48 bits per heavy atom. The molecule has 4 rings (SSSR count). The van der Waals surface area contributed by atoms with Gasteiger partial charge in [-0.2, -0.15) is 0 Å². The Balaban J connectivity index is 1.78. The van der Waals surface area contributed by atoms with Gasteiger partial charge in [0.25, 0.3) is 0 Å². The maximum Gasteiger partial charge on any atom is 0.338 e. The summed E-state index contributed by atoms with van der Waals surface area (Å²) in [6.07, 6.45) is 1.60. The molecule has 1 aliphatic carbocycles. The fourth-order valence-electron chi connectivity index (χ4n) is 3.67. The smallest absolute Gasteiger partial charge is 0.338 e. The number of hydrogen-bond acceptors (Lipinski definition) is 6. The summed E-state index contributed by atoms with van der Waals surface area (Å²) in [7, 11) is 1.27. The van der Waals surface area contributed by atoms with Gasteiger partial charge in [0.1, 0.15) is 6.61 Å². The zero-order valence-electron chi connectivity index (χ0n) is 16.8. The molecule has 1 fully saturated rings. The summed E-state index contributed by atoms with van der Waals surface area (Å²) in [4.78, 5) is 38.1. The number of urea groups is 1. The maximum absolute atomic E-state index is 13.0. The highest BCUT2D eigenvalue weighted by molar-refractivity contribution is 5.95. The molecule has 0 spiro atoms. The van der Waals surface area contributed by atoms with E-state index < -0.39 is 16.9 Å². The van der Waals surface area contributed by atoms with E-state index in [2.05, 4.69) is 5.32 Å². The molecule has 2 amide bonds. The Morgan fingerprint density at radius 1 is 1.16 bits per heavy atom. The molecule has 1 atom stereocenters. The lowest BCUT2D eigenvalue weighted by Gasteiger charge is -2.36. The van der Waals surface area contributed by atoms with E-state index in [0.717, 1.165) is 18.4 Å². The average molecular weight is 423 g/mol. The fourth-order valence-corrected chi connectivity index (χ4v) is 3.67. The predicted octanol–water partition coefficient (Wildman–Crippen LogP) is 3.33. The van der Waals surface area contributed by atoms with Gasteiger partial charge in [0, 0.05) is 12.1 Å². The first-order chi connectivity index (χ1) is 15.0. The SMILES string of the molecule is COC(=O)C1=C(COc2ccccc2[N+](=O)[O-])N(C2CC2)C(=O)NC1c1ccccc1. The second-order valence-corrected chi connectivity index (χ2v) is 7.26. The van der Waals surface area contributed by atoms with Crippen molar-refractivity contribution in [1.82, 2.24) is 10.2 Å². The monoisotopic (exact) mass is 423 g/mol. The fraction of sp³-hybridized carbons (Fsp3) is 0.273. The van der Waals surface area contributed by atoms with Crippen molar-refractivity contribution in [2.24, 2.45) is 0 Å². The molecule has 9 heteroatoms. The molecule has 0 bridgehead atoms. The van der Waals surface area contributed by atoms with Crippen molar-refractivity contribution in [1.29, 1.82) is 0 Å². The largest absolute Gasteiger partial charge is 0.480 e. The van der Waals surface area contributed by atoms with Crippen LogP contribution in [-0.4, -0.2) is 41.6 Å². The van der Waals surface area contributed by atoms with Gasteiger partial charge < -0.3 is 14.8 Å². The van der Waals surface area contributed by atoms with Gasteiger partial charge in [0.15, 0.2) is 5.75 Å². The second kappa shape index (κ2) is 8.47. The van der Waals surface area contributed by atoms with Crippen molar-refractivity contribution in [3.05, 3.63) is 81.5 Å². The van der Waals surface area contributed by atoms with Crippen LogP contribution in [-0.2, 0) is 9.53 Å². The molecular formula is C22H21N3O6. The van der Waals surface area contributed by atoms with Crippen LogP contribution >= 0.6 is 0 Å². The molecule has 2 aromatic carbocycles. The van der Waals surface area contributed by atoms with E-state index in [4.69, 9.17) is 9.47 Å². The van der Waals surface area contributed by atoms with Crippen LogP contribution in [0.15, 0.2) is 65.9 Å². The van der Waals surface area contributed by atoms with E-state index in [9.17, 15) is 19.7 Å². The number of nitro groups is 1. The van der Waals surface area contributed by atoms with Gasteiger partial charge in [-0.15, -0.1) is 0 Å². The Labute approximate surface area is 178 Å². The van der Waals surface area contributed by atoms with Gasteiger partial charge in [-0.05, 0) is 24.5 Å². The summed E-state index contributed by atoms with van der Waals surface area (Å²) in [6.45, 7) is -0.192. The van der Waals surface area contributed by atoms with E-state index in [0.29, 0.717) is 5.70 Å². The topological polar surface area (TPSA) is 111 Å². The van der Waals surface area contributed by atoms with Crippen LogP contribution in [0.5, 0.6) is 5.75 Å². The van der Waals surface area contributed by atoms with E-state index >= 15 is 0 Å². The molecule has 31 heavy (non-hydrogen) atoms. The summed E-state index contributed by atoms with van der Waals surface area (Å²) in [6, 6.07) is 13.9. The lowest BCUT2D eigenvalue weighted by Crippen LogP contribution is -2.50. The number of methoxy groups -OCH3 is 1. The van der Waals surface area contributed by atoms with Crippen LogP contribution in [0.1, 0.15) is 24.4 Å². The molecule has 1 unspecified atom stereocenters. The Bertz CT molecular complexity index is 1050. The maximum atomic E-state index is 13.0. The standard InChI is InChI=1S/C22H21N3O6/c1-30-21(26)19-17(13-31-18-10-6-5-9-16(18)25(28)29)24(15-11-12-15)22(27)23-20(19)14-7-3-2-4-8-14/h2-10,15,20H,11-13H2,1H3,(H,23,27). The summed E-state index contributed by atoms with van der Waals surface area (Å²) in [5.41, 5.74) is 1.12. The minimum Gasteiger partial charge on any atom is -0.480 e. The highest BCUT2D eigenvalue weighted by atomic mass is 16.6. The van der Waals surface area contributed by atoms with Crippen molar-refractivity contribution in [3.8, 4) is 5.75 Å². The molecule has 0 radical (unpaired) electrons. The number of carbonyl (C=O) groups is 2. The van der Waals surface area contributed by atoms with Crippen molar-refractivity contribution in [2.75, 3.05) is 13.7 Å². The Hall–Kier alpha value is -3.88. The number of ether oxygens (including phenoxy) is 2. The van der Waals surface area contributed by atoms with Crippen molar-refractivity contribution >= 4 is 17.7 Å². The number of hydrogen-bond donors (Lipinski definition) is 1. The first-order valence-electron chi connectivity index (χ1n) is 9.83. The van der Waals surface area contributed by atoms with Crippen LogP contribution in [0, 0.1) is 10.1 Å². The minimum atomic E-state index is -0.722. The highest BCUT2D eigenvalue weighted by Crippen LogP contribution is 2.38. The summed E-state index contributed by atoms with van der Waals surface area (Å²) in [5, 5.41) is 14.2. The second-order valence-electron chi connectivity index (χ2n) is 7.26. The van der Waals surface area contributed by atoms with E-state index in [1.54, 1.807) is 24.3 Å². The molecule has 1 heterocycles. The number of para-hydroxylation sites is 2. The van der Waals surface area contributed by atoms with Crippen LogP contribution in [0.25, 0.3) is 0 Å². The van der Waals surface area contributed by atoms with Gasteiger partial charge in [0.2, 0.25) is 0 Å². The number of esters is 1. The van der Waals surface area contributed by atoms with E-state index in [1.165, 1.54) is 24.1 Å². The molecule has 9 nitrogen and oxygen atoms in total. The van der Waals surface area contributed by atoms with Crippen LogP contribution in [0.4, 0.5) is 10.5 Å². The zero-order chi connectivity index (χ0) is 22.0. The summed E-state index contributed by atoms with van der Waals surface area (Å²) < 4.78 is 10.8. The van der Waals surface area contributed by atoms with Gasteiger partial charge in [0.05, 0.1) is 29.3 Å². The molecule has 2 aliphatic rings. The molecule has 160 valence electrons. The highest BCUT2D eigenvalue weighted by Gasteiger charge is 2.44. The van der Waals surface area contributed by atoms with Gasteiger partial charge in [-0.1, -0.05) is 42.5 Å². The third-order valence-corrected chi connectivity index (χ3v) is 5.25. The number of rotatable bonds is 7. The lowest BCUT2D eigenvalue weighted by molar-refractivity contribution is -0.385. The Morgan fingerprint density at radius 2 is 1.84 bits per heavy atom. The van der Waals surface area contributed by atoms with Crippen LogP contribution in [0.2, 0.25) is 0 Å². The number of nitro benzene ring substituents is 1. The first-order valence-corrected chi connectivity index (χ1v) is 9.83. The van der Waals surface area contributed by atoms with Crippen molar-refractivity contribution < 1.29 is 24.0 Å². The zero-order valence-corrected chi connectivity index (χ0v) is 16.8.